The Balaban J connectivity index is 1.89. The Morgan fingerprint density at radius 1 is 1.00 bits per heavy atom. The predicted molar refractivity (Wildman–Crippen MR) is 106 cm³/mol. The van der Waals surface area contributed by atoms with E-state index in [1.165, 1.54) is 44.5 Å². The van der Waals surface area contributed by atoms with Crippen molar-refractivity contribution in [2.24, 2.45) is 0 Å². The lowest BCUT2D eigenvalue weighted by atomic mass is 10.0. The van der Waals surface area contributed by atoms with Crippen molar-refractivity contribution in [2.45, 2.75) is 82.9 Å². The normalized spacial score (nSPS) is 18.5. The molecule has 0 aromatic carbocycles. The summed E-state index contributed by atoms with van der Waals surface area (Å²) in [5.74, 6) is -3.87. The Morgan fingerprint density at radius 2 is 1.57 bits per heavy atom. The molecule has 1 N–H and O–H groups in total. The van der Waals surface area contributed by atoms with Crippen LogP contribution in [-0.2, 0) is 6.18 Å². The zero-order valence-electron chi connectivity index (χ0n) is 17.7. The number of hydrogen-bond donors (Lipinski definition) is 1. The van der Waals surface area contributed by atoms with E-state index >= 15 is 0 Å². The van der Waals surface area contributed by atoms with Crippen molar-refractivity contribution < 1.29 is 22.0 Å². The van der Waals surface area contributed by atoms with Gasteiger partial charge in [0.1, 0.15) is 0 Å². The number of hydrogen-bond acceptors (Lipinski definition) is 4. The van der Waals surface area contributed by atoms with Crippen LogP contribution in [0.15, 0.2) is 12.4 Å². The molecule has 0 aliphatic carbocycles. The molecule has 4 nitrogen and oxygen atoms in total. The van der Waals surface area contributed by atoms with E-state index in [0.717, 1.165) is 19.4 Å². The fraction of sp³-hybridized carbons (Fsp3) is 0.810. The van der Waals surface area contributed by atoms with Crippen LogP contribution < -0.4 is 5.32 Å². The topological polar surface area (TPSA) is 41.1 Å². The number of unbranched alkanes of at least 4 members (excludes halogenated alkanes) is 6. The third kappa shape index (κ3) is 8.41. The number of likely N-dealkylation sites (tertiary alicyclic amines) is 1. The van der Waals surface area contributed by atoms with E-state index in [4.69, 9.17) is 0 Å². The number of nitrogens with zero attached hydrogens (tertiary/aromatic N) is 3. The summed E-state index contributed by atoms with van der Waals surface area (Å²) >= 11 is 0. The first-order valence-corrected chi connectivity index (χ1v) is 10.9. The third-order valence-electron chi connectivity index (χ3n) is 5.58. The van der Waals surface area contributed by atoms with Crippen molar-refractivity contribution in [3.05, 3.63) is 23.8 Å². The van der Waals surface area contributed by atoms with Gasteiger partial charge in [-0.25, -0.2) is 18.7 Å². The molecule has 2 rings (SSSR count). The number of piperidine rings is 1. The number of halogens is 5. The van der Waals surface area contributed by atoms with E-state index in [9.17, 15) is 22.0 Å². The molecule has 1 saturated heterocycles. The second-order valence-corrected chi connectivity index (χ2v) is 8.07. The fourth-order valence-corrected chi connectivity index (χ4v) is 3.72. The Hall–Kier alpha value is -1.35. The smallest absolute Gasteiger partial charge is 0.315 e. The molecule has 1 aliphatic heterocycles. The molecule has 1 atom stereocenters. The minimum absolute atomic E-state index is 0.192. The minimum atomic E-state index is -4.60. The zero-order valence-corrected chi connectivity index (χ0v) is 17.7. The van der Waals surface area contributed by atoms with Gasteiger partial charge in [-0.15, -0.1) is 0 Å². The number of alkyl halides is 5. The molecular formula is C21H33F5N4. The SMILES string of the molecule is CCCCCCCCCNC[C@@H](c1cnc(C(F)(F)F)nc1)N1CCC(F)(F)CC1. The lowest BCUT2D eigenvalue weighted by Gasteiger charge is -2.37. The van der Waals surface area contributed by atoms with Gasteiger partial charge in [0.15, 0.2) is 0 Å². The Labute approximate surface area is 175 Å². The summed E-state index contributed by atoms with van der Waals surface area (Å²) < 4.78 is 65.3. The molecular weight excluding hydrogens is 403 g/mol. The maximum absolute atomic E-state index is 13.5. The van der Waals surface area contributed by atoms with Crippen LogP contribution in [-0.4, -0.2) is 47.0 Å². The Bertz CT molecular complexity index is 596. The molecule has 0 radical (unpaired) electrons. The molecule has 1 aromatic rings. The molecule has 0 unspecified atom stereocenters. The van der Waals surface area contributed by atoms with Gasteiger partial charge in [0, 0.05) is 50.4 Å². The minimum Gasteiger partial charge on any atom is -0.315 e. The molecule has 2 heterocycles. The molecule has 1 aliphatic rings. The van der Waals surface area contributed by atoms with Crippen LogP contribution >= 0.6 is 0 Å². The summed E-state index contributed by atoms with van der Waals surface area (Å²) in [6.45, 7) is 3.83. The highest BCUT2D eigenvalue weighted by molar-refractivity contribution is 5.13. The molecule has 1 aromatic heterocycles. The maximum Gasteiger partial charge on any atom is 0.451 e. The number of aromatic nitrogens is 2. The van der Waals surface area contributed by atoms with Crippen molar-refractivity contribution >= 4 is 0 Å². The van der Waals surface area contributed by atoms with Gasteiger partial charge in [-0.1, -0.05) is 45.4 Å². The molecule has 172 valence electrons. The van der Waals surface area contributed by atoms with Gasteiger partial charge in [-0.3, -0.25) is 4.90 Å². The Morgan fingerprint density at radius 3 is 2.13 bits per heavy atom. The largest absolute Gasteiger partial charge is 0.451 e. The second-order valence-electron chi connectivity index (χ2n) is 8.07. The molecule has 0 bridgehead atoms. The predicted octanol–water partition coefficient (Wildman–Crippen LogP) is 5.61. The van der Waals surface area contributed by atoms with Crippen molar-refractivity contribution in [3.8, 4) is 0 Å². The quantitative estimate of drug-likeness (QED) is 0.342. The van der Waals surface area contributed by atoms with Crippen LogP contribution in [0.5, 0.6) is 0 Å². The Kier molecular flexibility index (Phi) is 9.87. The first kappa shape index (κ1) is 24.9. The summed E-state index contributed by atoms with van der Waals surface area (Å²) in [6, 6.07) is -0.326. The van der Waals surface area contributed by atoms with Crippen molar-refractivity contribution in [1.82, 2.24) is 20.2 Å². The maximum atomic E-state index is 13.5. The summed E-state index contributed by atoms with van der Waals surface area (Å²) in [7, 11) is 0. The summed E-state index contributed by atoms with van der Waals surface area (Å²) in [5.41, 5.74) is 0.514. The average Bonchev–Trinajstić information content (AvgIpc) is 2.70. The van der Waals surface area contributed by atoms with Crippen molar-refractivity contribution in [2.75, 3.05) is 26.2 Å². The van der Waals surface area contributed by atoms with Gasteiger partial charge in [-0.2, -0.15) is 13.2 Å². The molecule has 0 saturated carbocycles. The average molecular weight is 437 g/mol. The molecule has 1 fully saturated rings. The highest BCUT2D eigenvalue weighted by Crippen LogP contribution is 2.32. The van der Waals surface area contributed by atoms with Crippen LogP contribution in [0.3, 0.4) is 0 Å². The lowest BCUT2D eigenvalue weighted by molar-refractivity contribution is -0.145. The molecule has 0 spiro atoms. The van der Waals surface area contributed by atoms with E-state index in [2.05, 4.69) is 22.2 Å². The van der Waals surface area contributed by atoms with Crippen LogP contribution in [0.1, 0.15) is 82.1 Å². The lowest BCUT2D eigenvalue weighted by Crippen LogP contribution is -2.44. The van der Waals surface area contributed by atoms with Gasteiger partial charge in [0.25, 0.3) is 5.92 Å². The van der Waals surface area contributed by atoms with Gasteiger partial charge in [0.2, 0.25) is 5.82 Å². The van der Waals surface area contributed by atoms with Crippen LogP contribution in [0.4, 0.5) is 22.0 Å². The second kappa shape index (κ2) is 11.9. The van der Waals surface area contributed by atoms with Crippen molar-refractivity contribution in [3.63, 3.8) is 0 Å². The summed E-state index contributed by atoms with van der Waals surface area (Å²) in [4.78, 5) is 8.79. The molecule has 30 heavy (non-hydrogen) atoms. The molecule has 9 heteroatoms. The van der Waals surface area contributed by atoms with Gasteiger partial charge in [-0.05, 0) is 13.0 Å². The van der Waals surface area contributed by atoms with Gasteiger partial charge in [0.05, 0.1) is 6.04 Å². The van der Waals surface area contributed by atoms with E-state index in [-0.39, 0.29) is 32.0 Å². The monoisotopic (exact) mass is 436 g/mol. The first-order valence-electron chi connectivity index (χ1n) is 10.9. The highest BCUT2D eigenvalue weighted by Gasteiger charge is 2.37. The standard InChI is InChI=1S/C21H33F5N4/c1-2-3-4-5-6-7-8-11-27-16-18(30-12-9-20(22,23)10-13-30)17-14-28-19(29-15-17)21(24,25)26/h14-15,18,27H,2-13,16H2,1H3/t18-/m0/s1. The zero-order chi connectivity index (χ0) is 22.0. The molecule has 0 amide bonds. The first-order chi connectivity index (χ1) is 14.2. The number of rotatable bonds is 12. The van der Waals surface area contributed by atoms with E-state index in [0.29, 0.717) is 12.1 Å². The number of nitrogens with one attached hydrogen (secondary N) is 1. The summed E-state index contributed by atoms with van der Waals surface area (Å²) in [5, 5.41) is 3.34. The summed E-state index contributed by atoms with van der Waals surface area (Å²) in [6.07, 6.45) is 5.57. The van der Waals surface area contributed by atoms with E-state index in [1.807, 2.05) is 4.90 Å². The third-order valence-corrected chi connectivity index (χ3v) is 5.58. The van der Waals surface area contributed by atoms with Gasteiger partial charge >= 0.3 is 6.18 Å². The highest BCUT2D eigenvalue weighted by atomic mass is 19.4. The fourth-order valence-electron chi connectivity index (χ4n) is 3.72. The van der Waals surface area contributed by atoms with Crippen LogP contribution in [0.2, 0.25) is 0 Å². The van der Waals surface area contributed by atoms with Crippen LogP contribution in [0.25, 0.3) is 0 Å². The van der Waals surface area contributed by atoms with E-state index in [1.54, 1.807) is 0 Å². The van der Waals surface area contributed by atoms with Crippen molar-refractivity contribution in [1.29, 1.82) is 0 Å². The van der Waals surface area contributed by atoms with E-state index < -0.39 is 17.9 Å². The van der Waals surface area contributed by atoms with Gasteiger partial charge < -0.3 is 5.32 Å². The van der Waals surface area contributed by atoms with Crippen LogP contribution in [0, 0.1) is 0 Å².